The lowest BCUT2D eigenvalue weighted by Gasteiger charge is -2.19. The van der Waals surface area contributed by atoms with Crippen LogP contribution in [0, 0.1) is 0 Å². The molecule has 1 aromatic carbocycles. The maximum absolute atomic E-state index is 5.15. The maximum Gasteiger partial charge on any atom is 0.180 e. The van der Waals surface area contributed by atoms with Gasteiger partial charge in [0.25, 0.3) is 0 Å². The van der Waals surface area contributed by atoms with Gasteiger partial charge in [0.1, 0.15) is 5.76 Å². The Kier molecular flexibility index (Phi) is 4.78. The first-order chi connectivity index (χ1) is 8.86. The molecule has 0 radical (unpaired) electrons. The minimum atomic E-state index is 0.745. The molecule has 0 aliphatic carbocycles. The van der Waals surface area contributed by atoms with Gasteiger partial charge in [-0.2, -0.15) is 0 Å². The van der Waals surface area contributed by atoms with E-state index in [-0.39, 0.29) is 0 Å². The summed E-state index contributed by atoms with van der Waals surface area (Å²) in [5, 5.41) is 3.33. The van der Waals surface area contributed by atoms with E-state index in [1.54, 1.807) is 6.20 Å². The van der Waals surface area contributed by atoms with E-state index in [4.69, 9.17) is 4.42 Å². The fraction of sp³-hybridized carbons (Fsp3) is 0.357. The number of para-hydroxylation sites is 1. The molecular formula is C14H19N3O. The summed E-state index contributed by atoms with van der Waals surface area (Å²) in [6.07, 6.45) is 4.29. The normalized spacial score (nSPS) is 10.5. The van der Waals surface area contributed by atoms with E-state index >= 15 is 0 Å². The van der Waals surface area contributed by atoms with Crippen LogP contribution in [0.2, 0.25) is 0 Å². The number of hydrogen-bond acceptors (Lipinski definition) is 4. The smallest absolute Gasteiger partial charge is 0.180 e. The predicted octanol–water partition coefficient (Wildman–Crippen LogP) is 2.29. The summed E-state index contributed by atoms with van der Waals surface area (Å²) in [6.45, 7) is 2.75. The van der Waals surface area contributed by atoms with Crippen molar-refractivity contribution in [2.75, 3.05) is 25.0 Å². The summed E-state index contributed by atoms with van der Waals surface area (Å²) in [7, 11) is 2.12. The molecule has 0 amide bonds. The second kappa shape index (κ2) is 6.81. The summed E-state index contributed by atoms with van der Waals surface area (Å²) in [5.41, 5.74) is 1.26. The van der Waals surface area contributed by atoms with Crippen molar-refractivity contribution in [3.05, 3.63) is 48.7 Å². The Labute approximate surface area is 108 Å². The van der Waals surface area contributed by atoms with E-state index in [2.05, 4.69) is 46.5 Å². The van der Waals surface area contributed by atoms with Gasteiger partial charge >= 0.3 is 0 Å². The van der Waals surface area contributed by atoms with Crippen molar-refractivity contribution in [2.45, 2.75) is 13.0 Å². The minimum absolute atomic E-state index is 0.745. The highest BCUT2D eigenvalue weighted by molar-refractivity contribution is 5.44. The molecular weight excluding hydrogens is 226 g/mol. The van der Waals surface area contributed by atoms with Gasteiger partial charge in [-0.15, -0.1) is 0 Å². The molecule has 0 fully saturated rings. The van der Waals surface area contributed by atoms with E-state index in [0.29, 0.717) is 0 Å². The van der Waals surface area contributed by atoms with Crippen LogP contribution in [0.4, 0.5) is 5.69 Å². The lowest BCUT2D eigenvalue weighted by Crippen LogP contribution is -2.23. The molecule has 2 rings (SSSR count). The van der Waals surface area contributed by atoms with Crippen LogP contribution >= 0.6 is 0 Å². The van der Waals surface area contributed by atoms with Gasteiger partial charge in [0, 0.05) is 19.3 Å². The average molecular weight is 245 g/mol. The highest BCUT2D eigenvalue weighted by Gasteiger charge is 1.99. The molecule has 1 N–H and O–H groups in total. The summed E-state index contributed by atoms with van der Waals surface area (Å²) in [5.74, 6) is 0.881. The lowest BCUT2D eigenvalue weighted by molar-refractivity contribution is 0.477. The van der Waals surface area contributed by atoms with Crippen LogP contribution in [-0.2, 0) is 6.54 Å². The number of nitrogens with zero attached hydrogens (tertiary/aromatic N) is 2. The third-order valence-electron chi connectivity index (χ3n) is 2.83. The fourth-order valence-corrected chi connectivity index (χ4v) is 1.79. The molecule has 18 heavy (non-hydrogen) atoms. The number of anilines is 1. The zero-order valence-electron chi connectivity index (χ0n) is 10.7. The summed E-state index contributed by atoms with van der Waals surface area (Å²) >= 11 is 0. The summed E-state index contributed by atoms with van der Waals surface area (Å²) in [4.78, 5) is 6.13. The first kappa shape index (κ1) is 12.6. The highest BCUT2D eigenvalue weighted by Crippen LogP contribution is 2.10. The molecule has 4 heteroatoms. The molecule has 0 aliphatic heterocycles. The first-order valence-corrected chi connectivity index (χ1v) is 6.20. The van der Waals surface area contributed by atoms with E-state index in [9.17, 15) is 0 Å². The van der Waals surface area contributed by atoms with Gasteiger partial charge in [-0.3, -0.25) is 0 Å². The maximum atomic E-state index is 5.15. The Morgan fingerprint density at radius 3 is 2.83 bits per heavy atom. The number of nitrogens with one attached hydrogen (secondary N) is 1. The van der Waals surface area contributed by atoms with Gasteiger partial charge in [-0.05, 0) is 25.1 Å². The lowest BCUT2D eigenvalue weighted by atomic mass is 10.3. The molecule has 1 aromatic heterocycles. The summed E-state index contributed by atoms with van der Waals surface area (Å²) < 4.78 is 5.15. The van der Waals surface area contributed by atoms with Gasteiger partial charge in [0.05, 0.1) is 12.7 Å². The molecule has 1 heterocycles. The average Bonchev–Trinajstić information content (AvgIpc) is 2.92. The van der Waals surface area contributed by atoms with Gasteiger partial charge in [0.2, 0.25) is 0 Å². The number of benzene rings is 1. The number of oxazole rings is 1. The highest BCUT2D eigenvalue weighted by atomic mass is 16.3. The zero-order valence-corrected chi connectivity index (χ0v) is 10.7. The third-order valence-corrected chi connectivity index (χ3v) is 2.83. The van der Waals surface area contributed by atoms with Crippen molar-refractivity contribution in [1.29, 1.82) is 0 Å². The van der Waals surface area contributed by atoms with Crippen LogP contribution in [0.15, 0.2) is 47.3 Å². The first-order valence-electron chi connectivity index (χ1n) is 6.20. The third kappa shape index (κ3) is 3.89. The van der Waals surface area contributed by atoms with E-state index in [1.165, 1.54) is 12.1 Å². The van der Waals surface area contributed by atoms with E-state index in [1.807, 2.05) is 6.07 Å². The largest absolute Gasteiger partial charge is 0.447 e. The molecule has 0 saturated heterocycles. The Morgan fingerprint density at radius 2 is 2.11 bits per heavy atom. The van der Waals surface area contributed by atoms with Crippen molar-refractivity contribution in [3.63, 3.8) is 0 Å². The molecule has 0 atom stereocenters. The van der Waals surface area contributed by atoms with Crippen molar-refractivity contribution in [2.24, 2.45) is 0 Å². The second-order valence-electron chi connectivity index (χ2n) is 4.26. The van der Waals surface area contributed by atoms with Crippen LogP contribution in [-0.4, -0.2) is 25.1 Å². The number of aromatic nitrogens is 1. The van der Waals surface area contributed by atoms with Crippen LogP contribution in [0.1, 0.15) is 12.2 Å². The second-order valence-corrected chi connectivity index (χ2v) is 4.26. The van der Waals surface area contributed by atoms with Crippen molar-refractivity contribution in [1.82, 2.24) is 10.3 Å². The topological polar surface area (TPSA) is 41.3 Å². The molecule has 0 saturated carbocycles. The monoisotopic (exact) mass is 245 g/mol. The van der Waals surface area contributed by atoms with Crippen molar-refractivity contribution in [3.8, 4) is 0 Å². The molecule has 0 bridgehead atoms. The minimum Gasteiger partial charge on any atom is -0.447 e. The van der Waals surface area contributed by atoms with E-state index in [0.717, 1.165) is 31.8 Å². The Hall–Kier alpha value is -1.81. The Bertz CT molecular complexity index is 428. The van der Waals surface area contributed by atoms with Gasteiger partial charge < -0.3 is 14.6 Å². The summed E-state index contributed by atoms with van der Waals surface area (Å²) in [6, 6.07) is 10.4. The van der Waals surface area contributed by atoms with Crippen LogP contribution in [0.25, 0.3) is 0 Å². The zero-order chi connectivity index (χ0) is 12.6. The van der Waals surface area contributed by atoms with Crippen LogP contribution in [0.5, 0.6) is 0 Å². The van der Waals surface area contributed by atoms with Gasteiger partial charge in [0.15, 0.2) is 6.39 Å². The fourth-order valence-electron chi connectivity index (χ4n) is 1.79. The molecule has 2 aromatic rings. The quantitative estimate of drug-likeness (QED) is 0.760. The molecule has 0 spiro atoms. The Balaban J connectivity index is 1.61. The molecule has 0 unspecified atom stereocenters. The predicted molar refractivity (Wildman–Crippen MR) is 72.5 cm³/mol. The van der Waals surface area contributed by atoms with Crippen LogP contribution < -0.4 is 10.2 Å². The SMILES string of the molecule is CN(CCCNCc1cnco1)c1ccccc1. The Morgan fingerprint density at radius 1 is 1.28 bits per heavy atom. The number of hydrogen-bond donors (Lipinski definition) is 1. The van der Waals surface area contributed by atoms with Crippen molar-refractivity contribution < 1.29 is 4.42 Å². The van der Waals surface area contributed by atoms with Crippen LogP contribution in [0.3, 0.4) is 0 Å². The van der Waals surface area contributed by atoms with Gasteiger partial charge in [-0.1, -0.05) is 18.2 Å². The van der Waals surface area contributed by atoms with Gasteiger partial charge in [-0.25, -0.2) is 4.98 Å². The molecule has 96 valence electrons. The van der Waals surface area contributed by atoms with Crippen molar-refractivity contribution >= 4 is 5.69 Å². The number of rotatable bonds is 7. The standard InChI is InChI=1S/C14H19N3O/c1-17(13-6-3-2-4-7-13)9-5-8-15-10-14-11-16-12-18-14/h2-4,6-7,11-12,15H,5,8-10H2,1H3. The molecule has 4 nitrogen and oxygen atoms in total. The molecule has 0 aliphatic rings. The van der Waals surface area contributed by atoms with E-state index < -0.39 is 0 Å².